The first-order valence-corrected chi connectivity index (χ1v) is 14.4. The van der Waals surface area contributed by atoms with E-state index in [4.69, 9.17) is 4.74 Å². The van der Waals surface area contributed by atoms with E-state index >= 15 is 0 Å². The van der Waals surface area contributed by atoms with Gasteiger partial charge < -0.3 is 15.0 Å². The Kier molecular flexibility index (Phi) is 10.1. The van der Waals surface area contributed by atoms with Crippen molar-refractivity contribution in [3.8, 4) is 5.75 Å². The third-order valence-electron chi connectivity index (χ3n) is 6.61. The molecule has 0 bridgehead atoms. The topological polar surface area (TPSA) is 96.0 Å². The van der Waals surface area contributed by atoms with E-state index in [1.54, 1.807) is 49.4 Å². The molecule has 0 aliphatic carbocycles. The number of ether oxygens (including phenoxy) is 1. The van der Waals surface area contributed by atoms with Crippen LogP contribution in [0.1, 0.15) is 38.3 Å². The Morgan fingerprint density at radius 3 is 2.10 bits per heavy atom. The minimum atomic E-state index is -4.13. The minimum absolute atomic E-state index is 0.0209. The Morgan fingerprint density at radius 1 is 0.923 bits per heavy atom. The van der Waals surface area contributed by atoms with Gasteiger partial charge in [-0.3, -0.25) is 13.9 Å². The molecule has 1 N–H and O–H groups in total. The molecule has 0 unspecified atom stereocenters. The second kappa shape index (κ2) is 13.3. The number of nitrogens with one attached hydrogen (secondary N) is 1. The fraction of sp³-hybridized carbons (Fsp3) is 0.333. The first-order chi connectivity index (χ1) is 18.6. The van der Waals surface area contributed by atoms with Crippen LogP contribution in [-0.2, 0) is 26.2 Å². The molecule has 0 radical (unpaired) electrons. The van der Waals surface area contributed by atoms with Gasteiger partial charge in [0.1, 0.15) is 18.3 Å². The fourth-order valence-corrected chi connectivity index (χ4v) is 5.35. The number of carbonyl (C=O) groups excluding carboxylic acids is 2. The van der Waals surface area contributed by atoms with E-state index in [1.807, 2.05) is 45.0 Å². The van der Waals surface area contributed by atoms with E-state index in [1.165, 1.54) is 24.1 Å². The Balaban J connectivity index is 1.99. The summed E-state index contributed by atoms with van der Waals surface area (Å²) < 4.78 is 33.9. The number of carbonyl (C=O) groups is 2. The highest BCUT2D eigenvalue weighted by molar-refractivity contribution is 7.92. The van der Waals surface area contributed by atoms with Crippen LogP contribution in [0, 0.1) is 6.92 Å². The highest BCUT2D eigenvalue weighted by Crippen LogP contribution is 2.26. The van der Waals surface area contributed by atoms with E-state index in [0.29, 0.717) is 11.4 Å². The summed E-state index contributed by atoms with van der Waals surface area (Å²) in [4.78, 5) is 28.4. The number of benzene rings is 3. The number of para-hydroxylation sites is 1. The zero-order valence-corrected chi connectivity index (χ0v) is 23.9. The first-order valence-electron chi connectivity index (χ1n) is 12.9. The summed E-state index contributed by atoms with van der Waals surface area (Å²) in [7, 11) is -2.63. The van der Waals surface area contributed by atoms with Crippen molar-refractivity contribution in [3.63, 3.8) is 0 Å². The molecule has 3 rings (SSSR count). The van der Waals surface area contributed by atoms with Crippen LogP contribution in [-0.4, -0.2) is 50.9 Å². The maximum atomic E-state index is 13.9. The number of nitrogens with zero attached hydrogens (tertiary/aromatic N) is 2. The van der Waals surface area contributed by atoms with Gasteiger partial charge in [-0.25, -0.2) is 8.42 Å². The molecule has 0 spiro atoms. The van der Waals surface area contributed by atoms with Crippen molar-refractivity contribution in [3.05, 3.63) is 90.0 Å². The lowest BCUT2D eigenvalue weighted by molar-refractivity contribution is -0.139. The van der Waals surface area contributed by atoms with Crippen molar-refractivity contribution in [2.45, 2.75) is 57.6 Å². The summed E-state index contributed by atoms with van der Waals surface area (Å²) in [6.07, 6.45) is 0.742. The summed E-state index contributed by atoms with van der Waals surface area (Å²) in [5, 5.41) is 2.93. The van der Waals surface area contributed by atoms with Crippen molar-refractivity contribution in [2.24, 2.45) is 0 Å². The molecule has 2 atom stereocenters. The molecule has 0 saturated carbocycles. The lowest BCUT2D eigenvalue weighted by Gasteiger charge is -2.32. The third-order valence-corrected chi connectivity index (χ3v) is 8.40. The lowest BCUT2D eigenvalue weighted by atomic mass is 10.1. The molecule has 0 saturated heterocycles. The molecule has 0 aromatic heterocycles. The standard InChI is InChI=1S/C30H37N3O5S/c1-6-23(3)31-30(35)24(4)32(20-25-14-12-22(2)13-15-25)29(34)21-33(26-10-8-7-9-11-26)39(36,37)28-18-16-27(38-5)17-19-28/h7-19,23-24H,6,20-21H2,1-5H3,(H,31,35)/t23-,24+/m1/s1. The van der Waals surface area contributed by atoms with Crippen molar-refractivity contribution >= 4 is 27.5 Å². The number of rotatable bonds is 12. The molecule has 39 heavy (non-hydrogen) atoms. The summed E-state index contributed by atoms with van der Waals surface area (Å²) in [5.41, 5.74) is 2.25. The Morgan fingerprint density at radius 2 is 1.54 bits per heavy atom. The van der Waals surface area contributed by atoms with Crippen LogP contribution >= 0.6 is 0 Å². The number of methoxy groups -OCH3 is 1. The maximum absolute atomic E-state index is 13.9. The predicted molar refractivity (Wildman–Crippen MR) is 153 cm³/mol. The van der Waals surface area contributed by atoms with Gasteiger partial charge in [-0.1, -0.05) is 55.0 Å². The summed E-state index contributed by atoms with van der Waals surface area (Å²) in [6, 6.07) is 21.3. The van der Waals surface area contributed by atoms with Crippen LogP contribution in [0.2, 0.25) is 0 Å². The molecule has 3 aromatic carbocycles. The van der Waals surface area contributed by atoms with Crippen molar-refractivity contribution in [2.75, 3.05) is 18.0 Å². The first kappa shape index (κ1) is 29.7. The molecule has 3 aromatic rings. The summed E-state index contributed by atoms with van der Waals surface area (Å²) in [5.74, 6) is -0.279. The summed E-state index contributed by atoms with van der Waals surface area (Å²) >= 11 is 0. The van der Waals surface area contributed by atoms with E-state index in [2.05, 4.69) is 5.32 Å². The molecule has 0 aliphatic heterocycles. The SMILES string of the molecule is CC[C@@H](C)NC(=O)[C@H](C)N(Cc1ccc(C)cc1)C(=O)CN(c1ccccc1)S(=O)(=O)c1ccc(OC)cc1. The highest BCUT2D eigenvalue weighted by Gasteiger charge is 2.32. The largest absolute Gasteiger partial charge is 0.497 e. The number of aryl methyl sites for hydroxylation is 1. The van der Waals surface area contributed by atoms with Crippen molar-refractivity contribution in [1.82, 2.24) is 10.2 Å². The van der Waals surface area contributed by atoms with Gasteiger partial charge in [0.05, 0.1) is 17.7 Å². The average molecular weight is 552 g/mol. The highest BCUT2D eigenvalue weighted by atomic mass is 32.2. The van der Waals surface area contributed by atoms with Crippen LogP contribution in [0.15, 0.2) is 83.8 Å². The van der Waals surface area contributed by atoms with Crippen molar-refractivity contribution in [1.29, 1.82) is 0 Å². The van der Waals surface area contributed by atoms with Crippen molar-refractivity contribution < 1.29 is 22.7 Å². The maximum Gasteiger partial charge on any atom is 0.264 e. The van der Waals surface area contributed by atoms with Gasteiger partial charge in [0, 0.05) is 12.6 Å². The van der Waals surface area contributed by atoms with Crippen LogP contribution in [0.5, 0.6) is 5.75 Å². The molecule has 0 heterocycles. The average Bonchev–Trinajstić information content (AvgIpc) is 2.95. The minimum Gasteiger partial charge on any atom is -0.497 e. The number of sulfonamides is 1. The van der Waals surface area contributed by atoms with Gasteiger partial charge in [0.2, 0.25) is 11.8 Å². The van der Waals surface area contributed by atoms with Gasteiger partial charge in [0.25, 0.3) is 10.0 Å². The number of anilines is 1. The van der Waals surface area contributed by atoms with Crippen LogP contribution in [0.25, 0.3) is 0 Å². The molecule has 9 heteroatoms. The van der Waals surface area contributed by atoms with Gasteiger partial charge in [-0.05, 0) is 69.2 Å². The van der Waals surface area contributed by atoms with Crippen LogP contribution < -0.4 is 14.4 Å². The lowest BCUT2D eigenvalue weighted by Crippen LogP contribution is -2.52. The molecule has 0 fully saturated rings. The smallest absolute Gasteiger partial charge is 0.264 e. The summed E-state index contributed by atoms with van der Waals surface area (Å²) in [6.45, 7) is 7.16. The monoisotopic (exact) mass is 551 g/mol. The Bertz CT molecular complexity index is 1340. The zero-order chi connectivity index (χ0) is 28.6. The quantitative estimate of drug-likeness (QED) is 0.357. The van der Waals surface area contributed by atoms with Gasteiger partial charge in [-0.15, -0.1) is 0 Å². The van der Waals surface area contributed by atoms with E-state index in [-0.39, 0.29) is 23.4 Å². The Hall–Kier alpha value is -3.85. The van der Waals surface area contributed by atoms with Crippen LogP contribution in [0.3, 0.4) is 0 Å². The van der Waals surface area contributed by atoms with E-state index in [9.17, 15) is 18.0 Å². The van der Waals surface area contributed by atoms with E-state index < -0.39 is 28.5 Å². The molecular weight excluding hydrogens is 514 g/mol. The van der Waals surface area contributed by atoms with Gasteiger partial charge >= 0.3 is 0 Å². The fourth-order valence-electron chi connectivity index (χ4n) is 3.94. The third kappa shape index (κ3) is 7.60. The predicted octanol–water partition coefficient (Wildman–Crippen LogP) is 4.53. The molecule has 208 valence electrons. The van der Waals surface area contributed by atoms with Crippen LogP contribution in [0.4, 0.5) is 5.69 Å². The van der Waals surface area contributed by atoms with Gasteiger partial charge in [-0.2, -0.15) is 0 Å². The molecule has 8 nitrogen and oxygen atoms in total. The normalized spacial score (nSPS) is 12.7. The molecule has 2 amide bonds. The molecular formula is C30H37N3O5S. The number of amides is 2. The number of hydrogen-bond donors (Lipinski definition) is 1. The van der Waals surface area contributed by atoms with E-state index in [0.717, 1.165) is 21.9 Å². The number of hydrogen-bond acceptors (Lipinski definition) is 5. The zero-order valence-electron chi connectivity index (χ0n) is 23.1. The molecule has 0 aliphatic rings. The second-order valence-corrected chi connectivity index (χ2v) is 11.4. The van der Waals surface area contributed by atoms with Gasteiger partial charge in [0.15, 0.2) is 0 Å². The second-order valence-electron chi connectivity index (χ2n) is 9.52. The Labute approximate surface area is 231 Å².